The Kier molecular flexibility index (Phi) is 7.68. The number of ether oxygens (including phenoxy) is 2. The highest BCUT2D eigenvalue weighted by molar-refractivity contribution is 7.89. The van der Waals surface area contributed by atoms with Crippen molar-refractivity contribution in [2.75, 3.05) is 26.8 Å². The maximum atomic E-state index is 13.1. The lowest BCUT2D eigenvalue weighted by Crippen LogP contribution is -2.53. The van der Waals surface area contributed by atoms with Crippen molar-refractivity contribution in [2.45, 2.75) is 55.7 Å². The monoisotopic (exact) mass is 439 g/mol. The minimum atomic E-state index is -3.83. The Labute approximate surface area is 177 Å². The maximum Gasteiger partial charge on any atom is 0.309 e. The molecular weight excluding hydrogens is 410 g/mol. The summed E-state index contributed by atoms with van der Waals surface area (Å²) in [5.41, 5.74) is 0. The lowest BCUT2D eigenvalue weighted by molar-refractivity contribution is -0.140. The zero-order valence-corrected chi connectivity index (χ0v) is 17.9. The SMILES string of the molecule is COc1ccc(S(=O)(=O)N2CCCOC2CNC(=O)C(=O)NC2CCCCC2)cc1. The van der Waals surface area contributed by atoms with E-state index < -0.39 is 28.1 Å². The average Bonchev–Trinajstić information content (AvgIpc) is 2.78. The van der Waals surface area contributed by atoms with Gasteiger partial charge in [-0.1, -0.05) is 19.3 Å². The van der Waals surface area contributed by atoms with Crippen molar-refractivity contribution in [1.29, 1.82) is 0 Å². The summed E-state index contributed by atoms with van der Waals surface area (Å²) >= 11 is 0. The van der Waals surface area contributed by atoms with Crippen LogP contribution in [0.25, 0.3) is 0 Å². The van der Waals surface area contributed by atoms with E-state index >= 15 is 0 Å². The second kappa shape index (κ2) is 10.2. The highest BCUT2D eigenvalue weighted by Crippen LogP contribution is 2.24. The first-order valence-electron chi connectivity index (χ1n) is 10.3. The van der Waals surface area contributed by atoms with Crippen LogP contribution in [-0.4, -0.2) is 63.6 Å². The van der Waals surface area contributed by atoms with E-state index in [1.807, 2.05) is 0 Å². The molecule has 10 heteroatoms. The van der Waals surface area contributed by atoms with Gasteiger partial charge >= 0.3 is 11.8 Å². The quantitative estimate of drug-likeness (QED) is 0.639. The van der Waals surface area contributed by atoms with Gasteiger partial charge in [-0.05, 0) is 43.5 Å². The predicted molar refractivity (Wildman–Crippen MR) is 109 cm³/mol. The summed E-state index contributed by atoms with van der Waals surface area (Å²) < 4.78 is 38.0. The van der Waals surface area contributed by atoms with Crippen molar-refractivity contribution < 1.29 is 27.5 Å². The summed E-state index contributed by atoms with van der Waals surface area (Å²) in [7, 11) is -2.32. The van der Waals surface area contributed by atoms with Gasteiger partial charge in [0.1, 0.15) is 12.0 Å². The Hall–Kier alpha value is -2.17. The minimum absolute atomic E-state index is 0.0230. The van der Waals surface area contributed by atoms with E-state index in [1.54, 1.807) is 12.1 Å². The van der Waals surface area contributed by atoms with Crippen molar-refractivity contribution in [3.8, 4) is 5.75 Å². The van der Waals surface area contributed by atoms with E-state index in [4.69, 9.17) is 9.47 Å². The molecule has 2 fully saturated rings. The summed E-state index contributed by atoms with van der Waals surface area (Å²) in [4.78, 5) is 24.4. The fourth-order valence-corrected chi connectivity index (χ4v) is 5.31. The van der Waals surface area contributed by atoms with Gasteiger partial charge in [0.2, 0.25) is 10.0 Å². The minimum Gasteiger partial charge on any atom is -0.497 e. The van der Waals surface area contributed by atoms with Gasteiger partial charge in [0.15, 0.2) is 0 Å². The zero-order valence-electron chi connectivity index (χ0n) is 17.1. The molecule has 2 amide bonds. The van der Waals surface area contributed by atoms with Gasteiger partial charge in [0.25, 0.3) is 0 Å². The van der Waals surface area contributed by atoms with Crippen LogP contribution in [0.5, 0.6) is 5.75 Å². The number of sulfonamides is 1. The molecule has 30 heavy (non-hydrogen) atoms. The molecule has 3 rings (SSSR count). The molecule has 1 saturated carbocycles. The molecule has 1 aromatic rings. The Morgan fingerprint density at radius 3 is 2.47 bits per heavy atom. The van der Waals surface area contributed by atoms with Crippen LogP contribution < -0.4 is 15.4 Å². The number of amides is 2. The van der Waals surface area contributed by atoms with E-state index in [-0.39, 0.29) is 24.0 Å². The average molecular weight is 440 g/mol. The lowest BCUT2D eigenvalue weighted by Gasteiger charge is -2.34. The number of carbonyl (C=O) groups excluding carboxylic acids is 2. The summed E-state index contributed by atoms with van der Waals surface area (Å²) in [5, 5.41) is 5.26. The Balaban J connectivity index is 1.60. The molecule has 166 valence electrons. The molecule has 1 aromatic carbocycles. The fraction of sp³-hybridized carbons (Fsp3) is 0.600. The molecule has 1 saturated heterocycles. The first-order chi connectivity index (χ1) is 14.4. The van der Waals surface area contributed by atoms with Gasteiger partial charge in [0, 0.05) is 12.6 Å². The molecule has 0 aromatic heterocycles. The largest absolute Gasteiger partial charge is 0.497 e. The topological polar surface area (TPSA) is 114 Å². The van der Waals surface area contributed by atoms with Gasteiger partial charge in [-0.15, -0.1) is 0 Å². The smallest absolute Gasteiger partial charge is 0.309 e. The normalized spacial score (nSPS) is 21.0. The second-order valence-corrected chi connectivity index (χ2v) is 9.38. The maximum absolute atomic E-state index is 13.1. The summed E-state index contributed by atoms with van der Waals surface area (Å²) in [5.74, 6) is -0.921. The number of benzene rings is 1. The highest BCUT2D eigenvalue weighted by atomic mass is 32.2. The molecule has 1 unspecified atom stereocenters. The van der Waals surface area contributed by atoms with Crippen LogP contribution in [0, 0.1) is 0 Å². The standard InChI is InChI=1S/C20H29N3O6S/c1-28-16-8-10-17(11-9-16)30(26,27)23-12-5-13-29-18(23)14-21-19(24)20(25)22-15-6-3-2-4-7-15/h8-11,15,18H,2-7,12-14H2,1H3,(H,21,24)(H,22,25). The van der Waals surface area contributed by atoms with Crippen molar-refractivity contribution in [3.63, 3.8) is 0 Å². The predicted octanol–water partition coefficient (Wildman–Crippen LogP) is 0.997. The van der Waals surface area contributed by atoms with Crippen LogP contribution in [0.15, 0.2) is 29.2 Å². The molecular formula is C20H29N3O6S. The van der Waals surface area contributed by atoms with Crippen molar-refractivity contribution in [3.05, 3.63) is 24.3 Å². The van der Waals surface area contributed by atoms with Crippen molar-refractivity contribution >= 4 is 21.8 Å². The number of rotatable bonds is 6. The molecule has 1 aliphatic carbocycles. The van der Waals surface area contributed by atoms with E-state index in [9.17, 15) is 18.0 Å². The molecule has 2 aliphatic rings. The molecule has 0 radical (unpaired) electrons. The second-order valence-electron chi connectivity index (χ2n) is 7.49. The highest BCUT2D eigenvalue weighted by Gasteiger charge is 2.35. The number of carbonyl (C=O) groups is 2. The Bertz CT molecular complexity index is 837. The van der Waals surface area contributed by atoms with E-state index in [0.29, 0.717) is 18.8 Å². The van der Waals surface area contributed by atoms with E-state index in [1.165, 1.54) is 23.5 Å². The molecule has 0 bridgehead atoms. The molecule has 1 heterocycles. The van der Waals surface area contributed by atoms with Crippen LogP contribution in [0.3, 0.4) is 0 Å². The van der Waals surface area contributed by atoms with Crippen LogP contribution in [0.2, 0.25) is 0 Å². The summed E-state index contributed by atoms with van der Waals surface area (Å²) in [6, 6.07) is 6.11. The van der Waals surface area contributed by atoms with Crippen LogP contribution >= 0.6 is 0 Å². The van der Waals surface area contributed by atoms with Crippen LogP contribution in [0.1, 0.15) is 38.5 Å². The Morgan fingerprint density at radius 2 is 1.80 bits per heavy atom. The summed E-state index contributed by atoms with van der Waals surface area (Å²) in [6.07, 6.45) is 4.65. The molecule has 1 aliphatic heterocycles. The lowest BCUT2D eigenvalue weighted by atomic mass is 9.95. The molecule has 0 spiro atoms. The van der Waals surface area contributed by atoms with Gasteiger partial charge < -0.3 is 20.1 Å². The van der Waals surface area contributed by atoms with Crippen molar-refractivity contribution in [2.24, 2.45) is 0 Å². The first kappa shape index (κ1) is 22.5. The van der Waals surface area contributed by atoms with Crippen LogP contribution in [-0.2, 0) is 24.3 Å². The third-order valence-electron chi connectivity index (χ3n) is 5.40. The third-order valence-corrected chi connectivity index (χ3v) is 7.31. The van der Waals surface area contributed by atoms with E-state index in [0.717, 1.165) is 32.1 Å². The number of methoxy groups -OCH3 is 1. The molecule has 9 nitrogen and oxygen atoms in total. The number of nitrogens with one attached hydrogen (secondary N) is 2. The molecule has 1 atom stereocenters. The van der Waals surface area contributed by atoms with Gasteiger partial charge in [-0.2, -0.15) is 4.31 Å². The van der Waals surface area contributed by atoms with Crippen molar-refractivity contribution in [1.82, 2.24) is 14.9 Å². The van der Waals surface area contributed by atoms with Gasteiger partial charge in [-0.25, -0.2) is 8.42 Å². The molecule has 2 N–H and O–H groups in total. The van der Waals surface area contributed by atoms with Crippen LogP contribution in [0.4, 0.5) is 0 Å². The van der Waals surface area contributed by atoms with Gasteiger partial charge in [0.05, 0.1) is 25.2 Å². The first-order valence-corrected chi connectivity index (χ1v) is 11.7. The number of hydrogen-bond acceptors (Lipinski definition) is 6. The fourth-order valence-electron chi connectivity index (χ4n) is 3.74. The summed E-state index contributed by atoms with van der Waals surface area (Å²) in [6.45, 7) is 0.541. The number of hydrogen-bond donors (Lipinski definition) is 2. The van der Waals surface area contributed by atoms with Gasteiger partial charge in [-0.3, -0.25) is 9.59 Å². The Morgan fingerprint density at radius 1 is 1.10 bits per heavy atom. The zero-order chi connectivity index (χ0) is 21.6. The number of nitrogens with zero attached hydrogens (tertiary/aromatic N) is 1. The third kappa shape index (κ3) is 5.50. The van der Waals surface area contributed by atoms with E-state index in [2.05, 4.69) is 10.6 Å².